The molecule has 0 aromatic carbocycles. The molecular formula is C27H30ClN5O2. The van der Waals surface area contributed by atoms with Gasteiger partial charge in [0.15, 0.2) is 5.15 Å². The van der Waals surface area contributed by atoms with Crippen molar-refractivity contribution >= 4 is 33.9 Å². The van der Waals surface area contributed by atoms with Crippen LogP contribution in [0.1, 0.15) is 48.5 Å². The standard InChI is InChI=1S/C27H30ClN5O2/c1-16-5-4-10-31(13-16)27(34)20-12-22(35-3)24-17(2)23(30-33(24)15-20)21-11-19-8-9-29-26(28)25(19)32(21)14-18-6-7-18/h8-9,11-12,15-16,18H,4-7,10,13-14H2,1-3H3/t16-/m1/s1. The Bertz CT molecular complexity index is 1450. The van der Waals surface area contributed by atoms with Gasteiger partial charge in [-0.1, -0.05) is 18.5 Å². The SMILES string of the molecule is COc1cc(C(=O)N2CCC[C@@H](C)C2)cn2nc(-c3cc4ccnc(Cl)c4n3CC3CC3)c(C)c12. The second-order valence-corrected chi connectivity index (χ2v) is 10.5. The molecule has 0 spiro atoms. The van der Waals surface area contributed by atoms with Crippen molar-refractivity contribution in [3.63, 3.8) is 0 Å². The van der Waals surface area contributed by atoms with Crippen LogP contribution in [0.2, 0.25) is 5.15 Å². The number of methoxy groups -OCH3 is 1. The third-order valence-corrected chi connectivity index (χ3v) is 7.76. The minimum Gasteiger partial charge on any atom is -0.494 e. The highest BCUT2D eigenvalue weighted by Crippen LogP contribution is 2.39. The molecule has 6 rings (SSSR count). The summed E-state index contributed by atoms with van der Waals surface area (Å²) in [6.07, 6.45) is 8.26. The van der Waals surface area contributed by atoms with E-state index in [0.29, 0.717) is 28.3 Å². The van der Waals surface area contributed by atoms with Gasteiger partial charge in [0.25, 0.3) is 5.91 Å². The lowest BCUT2D eigenvalue weighted by Crippen LogP contribution is -2.39. The zero-order chi connectivity index (χ0) is 24.3. The van der Waals surface area contributed by atoms with E-state index in [2.05, 4.69) is 29.5 Å². The molecule has 5 heterocycles. The molecule has 0 N–H and O–H groups in total. The smallest absolute Gasteiger partial charge is 0.255 e. The average molecular weight is 492 g/mol. The molecule has 0 radical (unpaired) electrons. The monoisotopic (exact) mass is 491 g/mol. The summed E-state index contributed by atoms with van der Waals surface area (Å²) in [7, 11) is 1.65. The van der Waals surface area contributed by atoms with E-state index in [-0.39, 0.29) is 5.91 Å². The fourth-order valence-electron chi connectivity index (χ4n) is 5.47. The van der Waals surface area contributed by atoms with Gasteiger partial charge >= 0.3 is 0 Å². The summed E-state index contributed by atoms with van der Waals surface area (Å²) in [5.41, 5.74) is 5.32. The number of carbonyl (C=O) groups excluding carboxylic acids is 1. The van der Waals surface area contributed by atoms with Crippen LogP contribution in [0.5, 0.6) is 5.75 Å². The largest absolute Gasteiger partial charge is 0.494 e. The maximum absolute atomic E-state index is 13.4. The maximum atomic E-state index is 13.4. The number of nitrogens with zero attached hydrogens (tertiary/aromatic N) is 5. The van der Waals surface area contributed by atoms with E-state index in [1.807, 2.05) is 27.7 Å². The summed E-state index contributed by atoms with van der Waals surface area (Å²) < 4.78 is 9.85. The van der Waals surface area contributed by atoms with E-state index in [1.54, 1.807) is 13.3 Å². The Hall–Kier alpha value is -3.06. The number of likely N-dealkylation sites (tertiary alicyclic amines) is 1. The van der Waals surface area contributed by atoms with Crippen LogP contribution < -0.4 is 4.74 Å². The topological polar surface area (TPSA) is 64.7 Å². The number of fused-ring (bicyclic) bond motifs is 2. The quantitative estimate of drug-likeness (QED) is 0.341. The number of carbonyl (C=O) groups is 1. The van der Waals surface area contributed by atoms with Gasteiger partial charge in [-0.15, -0.1) is 0 Å². The van der Waals surface area contributed by atoms with Gasteiger partial charge in [-0.05, 0) is 62.6 Å². The highest BCUT2D eigenvalue weighted by Gasteiger charge is 2.28. The number of halogens is 1. The van der Waals surface area contributed by atoms with Crippen molar-refractivity contribution in [2.24, 2.45) is 11.8 Å². The summed E-state index contributed by atoms with van der Waals surface area (Å²) in [5.74, 6) is 1.86. The molecule has 4 aromatic rings. The zero-order valence-electron chi connectivity index (χ0n) is 20.4. The highest BCUT2D eigenvalue weighted by atomic mass is 35.5. The normalized spacial score (nSPS) is 18.5. The van der Waals surface area contributed by atoms with E-state index < -0.39 is 0 Å². The van der Waals surface area contributed by atoms with E-state index in [4.69, 9.17) is 21.4 Å². The molecule has 1 atom stereocenters. The lowest BCUT2D eigenvalue weighted by Gasteiger charge is -2.31. The molecule has 0 unspecified atom stereocenters. The van der Waals surface area contributed by atoms with Crippen LogP contribution in [0.4, 0.5) is 0 Å². The van der Waals surface area contributed by atoms with Crippen molar-refractivity contribution in [1.82, 2.24) is 24.1 Å². The Morgan fingerprint density at radius 3 is 2.80 bits per heavy atom. The van der Waals surface area contributed by atoms with Gasteiger partial charge in [-0.25, -0.2) is 9.50 Å². The molecule has 0 bridgehead atoms. The predicted molar refractivity (Wildman–Crippen MR) is 137 cm³/mol. The number of ether oxygens (including phenoxy) is 1. The first-order valence-corrected chi connectivity index (χ1v) is 12.8. The van der Waals surface area contributed by atoms with Gasteiger partial charge in [-0.2, -0.15) is 5.10 Å². The first-order valence-electron chi connectivity index (χ1n) is 12.4. The molecular weight excluding hydrogens is 462 g/mol. The van der Waals surface area contributed by atoms with Gasteiger partial charge < -0.3 is 14.2 Å². The third kappa shape index (κ3) is 3.86. The fourth-order valence-corrected chi connectivity index (χ4v) is 5.74. The molecule has 7 nitrogen and oxygen atoms in total. The van der Waals surface area contributed by atoms with E-state index in [0.717, 1.165) is 59.4 Å². The highest BCUT2D eigenvalue weighted by molar-refractivity contribution is 6.34. The Morgan fingerprint density at radius 1 is 1.23 bits per heavy atom. The molecule has 4 aromatic heterocycles. The summed E-state index contributed by atoms with van der Waals surface area (Å²) in [4.78, 5) is 19.6. The minimum absolute atomic E-state index is 0.0344. The van der Waals surface area contributed by atoms with Crippen molar-refractivity contribution in [3.05, 3.63) is 46.9 Å². The molecule has 1 aliphatic carbocycles. The van der Waals surface area contributed by atoms with Crippen molar-refractivity contribution < 1.29 is 9.53 Å². The first kappa shape index (κ1) is 22.4. The third-order valence-electron chi connectivity index (χ3n) is 7.48. The number of pyridine rings is 2. The molecule has 1 aliphatic heterocycles. The lowest BCUT2D eigenvalue weighted by atomic mass is 9.99. The summed E-state index contributed by atoms with van der Waals surface area (Å²) >= 11 is 6.55. The van der Waals surface area contributed by atoms with Gasteiger partial charge in [0, 0.05) is 43.0 Å². The second-order valence-electron chi connectivity index (χ2n) is 10.2. The molecule has 35 heavy (non-hydrogen) atoms. The Morgan fingerprint density at radius 2 is 2.06 bits per heavy atom. The molecule has 1 saturated heterocycles. The number of amides is 1. The van der Waals surface area contributed by atoms with Crippen LogP contribution in [0, 0.1) is 18.8 Å². The molecule has 8 heteroatoms. The van der Waals surface area contributed by atoms with Crippen LogP contribution in [0.15, 0.2) is 30.6 Å². The minimum atomic E-state index is 0.0344. The Kier molecular flexibility index (Phi) is 5.48. The number of piperidine rings is 1. The van der Waals surface area contributed by atoms with E-state index in [1.165, 1.54) is 19.3 Å². The number of hydrogen-bond acceptors (Lipinski definition) is 4. The molecule has 1 amide bonds. The van der Waals surface area contributed by atoms with Crippen molar-refractivity contribution in [2.45, 2.75) is 46.1 Å². The van der Waals surface area contributed by atoms with Crippen LogP contribution in [-0.2, 0) is 6.54 Å². The Balaban J connectivity index is 1.49. The molecule has 182 valence electrons. The fraction of sp³-hybridized carbons (Fsp3) is 0.444. The van der Waals surface area contributed by atoms with Crippen molar-refractivity contribution in [3.8, 4) is 17.1 Å². The number of rotatable bonds is 5. The Labute approximate surface area is 209 Å². The van der Waals surface area contributed by atoms with E-state index in [9.17, 15) is 4.79 Å². The van der Waals surface area contributed by atoms with Crippen LogP contribution >= 0.6 is 11.6 Å². The molecule has 2 fully saturated rings. The first-order chi connectivity index (χ1) is 16.9. The zero-order valence-corrected chi connectivity index (χ0v) is 21.2. The lowest BCUT2D eigenvalue weighted by molar-refractivity contribution is 0.0682. The summed E-state index contributed by atoms with van der Waals surface area (Å²) in [5, 5.41) is 6.56. The van der Waals surface area contributed by atoms with Crippen LogP contribution in [0.25, 0.3) is 27.8 Å². The van der Waals surface area contributed by atoms with Crippen LogP contribution in [0.3, 0.4) is 0 Å². The van der Waals surface area contributed by atoms with Gasteiger partial charge in [-0.3, -0.25) is 4.79 Å². The summed E-state index contributed by atoms with van der Waals surface area (Å²) in [6, 6.07) is 6.00. The number of hydrogen-bond donors (Lipinski definition) is 0. The van der Waals surface area contributed by atoms with Gasteiger partial charge in [0.05, 0.1) is 23.9 Å². The summed E-state index contributed by atoms with van der Waals surface area (Å²) in [6.45, 7) is 6.75. The van der Waals surface area contributed by atoms with E-state index >= 15 is 0 Å². The molecule has 2 aliphatic rings. The predicted octanol–water partition coefficient (Wildman–Crippen LogP) is 5.60. The van der Waals surface area contributed by atoms with Crippen LogP contribution in [-0.4, -0.2) is 50.2 Å². The number of aryl methyl sites for hydroxylation is 1. The second kappa shape index (κ2) is 8.55. The van der Waals surface area contributed by atoms with Gasteiger partial charge in [0.2, 0.25) is 0 Å². The maximum Gasteiger partial charge on any atom is 0.255 e. The van der Waals surface area contributed by atoms with Crippen molar-refractivity contribution in [1.29, 1.82) is 0 Å². The van der Waals surface area contributed by atoms with Crippen molar-refractivity contribution in [2.75, 3.05) is 20.2 Å². The molecule has 1 saturated carbocycles. The number of aromatic nitrogens is 4. The van der Waals surface area contributed by atoms with Gasteiger partial charge in [0.1, 0.15) is 17.0 Å². The average Bonchev–Trinajstić information content (AvgIpc) is 3.51.